The summed E-state index contributed by atoms with van der Waals surface area (Å²) in [5.41, 5.74) is 7.12. The number of H-pyrrole nitrogens is 1. The van der Waals surface area contributed by atoms with Crippen LogP contribution in [0, 0.1) is 0 Å². The van der Waals surface area contributed by atoms with Gasteiger partial charge in [0.1, 0.15) is 0 Å². The number of hydrogen-bond acceptors (Lipinski definition) is 5. The number of anilines is 2. The smallest absolute Gasteiger partial charge is 0.224 e. The predicted octanol–water partition coefficient (Wildman–Crippen LogP) is 0.145. The number of hydrogen-bond donors (Lipinski definition) is 2. The number of fused-ring (bicyclic) bond motifs is 1. The molecule has 14 heavy (non-hydrogen) atoms. The van der Waals surface area contributed by atoms with Gasteiger partial charge in [-0.25, -0.2) is 4.98 Å². The van der Waals surface area contributed by atoms with Gasteiger partial charge in [0, 0.05) is 13.1 Å². The molecule has 1 aliphatic rings. The molecule has 3 rings (SSSR count). The summed E-state index contributed by atoms with van der Waals surface area (Å²) in [6, 6.07) is 0. The SMILES string of the molecule is Nc1nc(N2CCC2)c2nc[nH]c2n1. The second-order valence-corrected chi connectivity index (χ2v) is 3.35. The van der Waals surface area contributed by atoms with Gasteiger partial charge in [0.15, 0.2) is 17.0 Å². The molecule has 1 aliphatic heterocycles. The molecule has 0 atom stereocenters. The van der Waals surface area contributed by atoms with Crippen molar-refractivity contribution in [2.24, 2.45) is 0 Å². The van der Waals surface area contributed by atoms with Crippen molar-refractivity contribution < 1.29 is 0 Å². The normalized spacial score (nSPS) is 15.9. The van der Waals surface area contributed by atoms with Crippen LogP contribution in [0.1, 0.15) is 6.42 Å². The van der Waals surface area contributed by atoms with Crippen molar-refractivity contribution in [3.8, 4) is 0 Å². The van der Waals surface area contributed by atoms with E-state index in [0.29, 0.717) is 11.6 Å². The lowest BCUT2D eigenvalue weighted by molar-refractivity contribution is 0.611. The Balaban J connectivity index is 2.23. The van der Waals surface area contributed by atoms with Crippen LogP contribution in [-0.2, 0) is 0 Å². The average molecular weight is 190 g/mol. The van der Waals surface area contributed by atoms with Crippen LogP contribution in [0.25, 0.3) is 11.2 Å². The van der Waals surface area contributed by atoms with Gasteiger partial charge in [0.05, 0.1) is 6.33 Å². The highest BCUT2D eigenvalue weighted by Crippen LogP contribution is 2.25. The zero-order chi connectivity index (χ0) is 9.54. The second-order valence-electron chi connectivity index (χ2n) is 3.35. The molecule has 6 nitrogen and oxygen atoms in total. The van der Waals surface area contributed by atoms with E-state index in [0.717, 1.165) is 24.4 Å². The van der Waals surface area contributed by atoms with E-state index in [1.807, 2.05) is 0 Å². The molecular formula is C8H10N6. The molecule has 0 saturated carbocycles. The van der Waals surface area contributed by atoms with Crippen molar-refractivity contribution in [3.63, 3.8) is 0 Å². The molecule has 0 radical (unpaired) electrons. The number of nitrogens with one attached hydrogen (secondary N) is 1. The summed E-state index contributed by atoms with van der Waals surface area (Å²) in [5, 5.41) is 0. The highest BCUT2D eigenvalue weighted by atomic mass is 15.3. The van der Waals surface area contributed by atoms with Gasteiger partial charge in [-0.3, -0.25) is 0 Å². The van der Waals surface area contributed by atoms with E-state index < -0.39 is 0 Å². The van der Waals surface area contributed by atoms with Gasteiger partial charge in [-0.2, -0.15) is 9.97 Å². The standard InChI is InChI=1S/C8H10N6/c9-8-12-6-5(10-4-11-6)7(13-8)14-2-1-3-14/h4H,1-3H2,(H3,9,10,11,12,13). The lowest BCUT2D eigenvalue weighted by atomic mass is 10.2. The van der Waals surface area contributed by atoms with Crippen LogP contribution in [0.3, 0.4) is 0 Å². The van der Waals surface area contributed by atoms with Crippen molar-refractivity contribution in [3.05, 3.63) is 6.33 Å². The van der Waals surface area contributed by atoms with Crippen LogP contribution in [0.5, 0.6) is 0 Å². The fourth-order valence-electron chi connectivity index (χ4n) is 1.59. The molecule has 3 N–H and O–H groups in total. The molecule has 0 aliphatic carbocycles. The summed E-state index contributed by atoms with van der Waals surface area (Å²) in [5.74, 6) is 1.14. The van der Waals surface area contributed by atoms with Gasteiger partial charge in [-0.15, -0.1) is 0 Å². The second kappa shape index (κ2) is 2.57. The minimum Gasteiger partial charge on any atom is -0.368 e. The molecule has 1 saturated heterocycles. The minimum atomic E-state index is 0.295. The molecule has 0 unspecified atom stereocenters. The largest absolute Gasteiger partial charge is 0.368 e. The van der Waals surface area contributed by atoms with Crippen LogP contribution in [0.15, 0.2) is 6.33 Å². The summed E-state index contributed by atoms with van der Waals surface area (Å²) < 4.78 is 0. The van der Waals surface area contributed by atoms with E-state index in [-0.39, 0.29) is 0 Å². The van der Waals surface area contributed by atoms with Crippen molar-refractivity contribution >= 4 is 22.9 Å². The first kappa shape index (κ1) is 7.54. The zero-order valence-electron chi connectivity index (χ0n) is 7.56. The Morgan fingerprint density at radius 1 is 1.36 bits per heavy atom. The van der Waals surface area contributed by atoms with Crippen LogP contribution < -0.4 is 10.6 Å². The minimum absolute atomic E-state index is 0.295. The number of aromatic nitrogens is 4. The Kier molecular flexibility index (Phi) is 1.38. The van der Waals surface area contributed by atoms with E-state index in [1.54, 1.807) is 6.33 Å². The maximum atomic E-state index is 5.60. The Morgan fingerprint density at radius 3 is 2.93 bits per heavy atom. The summed E-state index contributed by atoms with van der Waals surface area (Å²) >= 11 is 0. The Hall–Kier alpha value is -1.85. The quantitative estimate of drug-likeness (QED) is 0.668. The predicted molar refractivity (Wildman–Crippen MR) is 52.9 cm³/mol. The fourth-order valence-corrected chi connectivity index (χ4v) is 1.59. The maximum absolute atomic E-state index is 5.60. The van der Waals surface area contributed by atoms with E-state index in [4.69, 9.17) is 5.73 Å². The molecule has 0 aromatic carbocycles. The summed E-state index contributed by atoms with van der Waals surface area (Å²) in [6.45, 7) is 2.05. The molecule has 3 heterocycles. The molecular weight excluding hydrogens is 180 g/mol. The number of nitrogen functional groups attached to an aromatic ring is 1. The first-order valence-electron chi connectivity index (χ1n) is 4.56. The summed E-state index contributed by atoms with van der Waals surface area (Å²) in [4.78, 5) is 17.5. The van der Waals surface area contributed by atoms with Crippen molar-refractivity contribution in [1.82, 2.24) is 19.9 Å². The molecule has 6 heteroatoms. The van der Waals surface area contributed by atoms with Crippen molar-refractivity contribution in [2.75, 3.05) is 23.7 Å². The Labute approximate surface area is 80.2 Å². The molecule has 72 valence electrons. The number of aromatic amines is 1. The molecule has 0 amide bonds. The molecule has 2 aromatic rings. The van der Waals surface area contributed by atoms with Crippen LogP contribution in [0.4, 0.5) is 11.8 Å². The number of rotatable bonds is 1. The third-order valence-electron chi connectivity index (χ3n) is 2.43. The topological polar surface area (TPSA) is 83.7 Å². The van der Waals surface area contributed by atoms with Crippen LogP contribution in [-0.4, -0.2) is 33.0 Å². The third kappa shape index (κ3) is 0.935. The number of nitrogens with zero attached hydrogens (tertiary/aromatic N) is 4. The highest BCUT2D eigenvalue weighted by molar-refractivity contribution is 5.84. The molecule has 2 aromatic heterocycles. The van der Waals surface area contributed by atoms with E-state index in [1.165, 1.54) is 6.42 Å². The first-order valence-corrected chi connectivity index (χ1v) is 4.56. The maximum Gasteiger partial charge on any atom is 0.224 e. The van der Waals surface area contributed by atoms with E-state index in [2.05, 4.69) is 24.8 Å². The Morgan fingerprint density at radius 2 is 2.21 bits per heavy atom. The average Bonchev–Trinajstić information content (AvgIpc) is 2.47. The molecule has 1 fully saturated rings. The molecule has 0 spiro atoms. The van der Waals surface area contributed by atoms with Gasteiger partial charge in [0.25, 0.3) is 0 Å². The Bertz CT molecular complexity index is 472. The zero-order valence-corrected chi connectivity index (χ0v) is 7.56. The van der Waals surface area contributed by atoms with Crippen LogP contribution in [0.2, 0.25) is 0 Å². The number of nitrogens with two attached hydrogens (primary N) is 1. The summed E-state index contributed by atoms with van der Waals surface area (Å²) in [7, 11) is 0. The van der Waals surface area contributed by atoms with E-state index in [9.17, 15) is 0 Å². The number of imidazole rings is 1. The van der Waals surface area contributed by atoms with Gasteiger partial charge in [0.2, 0.25) is 5.95 Å². The van der Waals surface area contributed by atoms with Crippen molar-refractivity contribution in [2.45, 2.75) is 6.42 Å². The summed E-state index contributed by atoms with van der Waals surface area (Å²) in [6.07, 6.45) is 2.82. The van der Waals surface area contributed by atoms with Gasteiger partial charge < -0.3 is 15.6 Å². The first-order chi connectivity index (χ1) is 6.84. The van der Waals surface area contributed by atoms with Gasteiger partial charge in [-0.05, 0) is 6.42 Å². The molecule has 0 bridgehead atoms. The van der Waals surface area contributed by atoms with Crippen LogP contribution >= 0.6 is 0 Å². The fraction of sp³-hybridized carbons (Fsp3) is 0.375. The third-order valence-corrected chi connectivity index (χ3v) is 2.43. The monoisotopic (exact) mass is 190 g/mol. The van der Waals surface area contributed by atoms with Gasteiger partial charge >= 0.3 is 0 Å². The lowest BCUT2D eigenvalue weighted by Crippen LogP contribution is -2.38. The lowest BCUT2D eigenvalue weighted by Gasteiger charge is -2.31. The highest BCUT2D eigenvalue weighted by Gasteiger charge is 2.20. The van der Waals surface area contributed by atoms with Crippen molar-refractivity contribution in [1.29, 1.82) is 0 Å². The van der Waals surface area contributed by atoms with E-state index >= 15 is 0 Å². The van der Waals surface area contributed by atoms with Gasteiger partial charge in [-0.1, -0.05) is 0 Å².